The molecule has 0 aliphatic rings. The standard InChI is InChI=1S/C18H20N2O4/c1-23-16(21)12-13-8-6-7-11-15(13)17(18(22)24-2)20(19)14-9-4-3-5-10-14/h3-11,17H,12,19H2,1-2H3. The van der Waals surface area contributed by atoms with Gasteiger partial charge in [-0.15, -0.1) is 0 Å². The predicted octanol–water partition coefficient (Wildman–Crippen LogP) is 2.00. The van der Waals surface area contributed by atoms with Crippen LogP contribution in [-0.4, -0.2) is 26.2 Å². The Morgan fingerprint density at radius 3 is 2.25 bits per heavy atom. The minimum absolute atomic E-state index is 0.0444. The first kappa shape index (κ1) is 17.5. The maximum absolute atomic E-state index is 12.4. The van der Waals surface area contributed by atoms with Gasteiger partial charge in [0, 0.05) is 0 Å². The van der Waals surface area contributed by atoms with Gasteiger partial charge in [0.2, 0.25) is 0 Å². The van der Waals surface area contributed by atoms with Gasteiger partial charge in [-0.25, -0.2) is 10.6 Å². The van der Waals surface area contributed by atoms with Crippen molar-refractivity contribution in [3.8, 4) is 0 Å². The summed E-state index contributed by atoms with van der Waals surface area (Å²) in [7, 11) is 2.62. The molecule has 2 rings (SSSR count). The summed E-state index contributed by atoms with van der Waals surface area (Å²) in [4.78, 5) is 24.0. The molecule has 0 bridgehead atoms. The summed E-state index contributed by atoms with van der Waals surface area (Å²) >= 11 is 0. The molecule has 2 aromatic rings. The topological polar surface area (TPSA) is 81.9 Å². The van der Waals surface area contributed by atoms with E-state index >= 15 is 0 Å². The third kappa shape index (κ3) is 3.91. The summed E-state index contributed by atoms with van der Waals surface area (Å²) in [5.74, 6) is 5.29. The average Bonchev–Trinajstić information content (AvgIpc) is 2.63. The second-order valence-corrected chi connectivity index (χ2v) is 5.12. The van der Waals surface area contributed by atoms with Crippen LogP contribution < -0.4 is 10.9 Å². The molecule has 24 heavy (non-hydrogen) atoms. The van der Waals surface area contributed by atoms with Crippen molar-refractivity contribution in [3.05, 3.63) is 65.7 Å². The normalized spacial score (nSPS) is 11.5. The number of hydrazine groups is 1. The lowest BCUT2D eigenvalue weighted by Gasteiger charge is -2.28. The molecule has 0 saturated carbocycles. The van der Waals surface area contributed by atoms with Crippen molar-refractivity contribution in [2.24, 2.45) is 5.84 Å². The Morgan fingerprint density at radius 2 is 1.62 bits per heavy atom. The number of ether oxygens (including phenoxy) is 2. The minimum Gasteiger partial charge on any atom is -0.469 e. The first-order chi connectivity index (χ1) is 11.6. The molecule has 6 nitrogen and oxygen atoms in total. The molecule has 2 N–H and O–H groups in total. The summed E-state index contributed by atoms with van der Waals surface area (Å²) in [5, 5.41) is 1.34. The zero-order chi connectivity index (χ0) is 17.5. The SMILES string of the molecule is COC(=O)Cc1ccccc1C(C(=O)OC)N(N)c1ccccc1. The van der Waals surface area contributed by atoms with Crippen molar-refractivity contribution in [2.45, 2.75) is 12.5 Å². The van der Waals surface area contributed by atoms with Crippen molar-refractivity contribution in [3.63, 3.8) is 0 Å². The van der Waals surface area contributed by atoms with Crippen molar-refractivity contribution in [1.29, 1.82) is 0 Å². The molecule has 0 fully saturated rings. The van der Waals surface area contributed by atoms with Crippen molar-refractivity contribution in [2.75, 3.05) is 19.2 Å². The number of esters is 2. The third-order valence-electron chi connectivity index (χ3n) is 3.67. The summed E-state index contributed by atoms with van der Waals surface area (Å²) in [5.41, 5.74) is 1.91. The number of carbonyl (C=O) groups excluding carboxylic acids is 2. The minimum atomic E-state index is -0.877. The molecule has 1 unspecified atom stereocenters. The summed E-state index contributed by atoms with van der Waals surface area (Å²) < 4.78 is 9.64. The van der Waals surface area contributed by atoms with Crippen LogP contribution in [0.3, 0.4) is 0 Å². The van der Waals surface area contributed by atoms with E-state index in [1.807, 2.05) is 18.2 Å². The lowest BCUT2D eigenvalue weighted by Crippen LogP contribution is -2.40. The lowest BCUT2D eigenvalue weighted by atomic mass is 9.97. The molecular formula is C18H20N2O4. The molecule has 0 aliphatic carbocycles. The molecule has 0 amide bonds. The molecule has 0 aromatic heterocycles. The predicted molar refractivity (Wildman–Crippen MR) is 90.0 cm³/mol. The number of nitrogens with zero attached hydrogens (tertiary/aromatic N) is 1. The molecule has 0 heterocycles. The highest BCUT2D eigenvalue weighted by atomic mass is 16.5. The highest BCUT2D eigenvalue weighted by Gasteiger charge is 2.29. The number of hydrogen-bond donors (Lipinski definition) is 1. The zero-order valence-corrected chi connectivity index (χ0v) is 13.6. The van der Waals surface area contributed by atoms with Crippen LogP contribution in [0.4, 0.5) is 5.69 Å². The number of rotatable bonds is 6. The Labute approximate surface area is 140 Å². The number of carbonyl (C=O) groups is 2. The number of anilines is 1. The Balaban J connectivity index is 2.46. The van der Waals surface area contributed by atoms with Crippen LogP contribution in [0.25, 0.3) is 0 Å². The molecule has 0 radical (unpaired) electrons. The Kier molecular flexibility index (Phi) is 5.92. The first-order valence-corrected chi connectivity index (χ1v) is 7.40. The van der Waals surface area contributed by atoms with Gasteiger partial charge in [-0.2, -0.15) is 0 Å². The van der Waals surface area contributed by atoms with Gasteiger partial charge in [-0.05, 0) is 23.3 Å². The van der Waals surface area contributed by atoms with Crippen LogP contribution in [0, 0.1) is 0 Å². The number of benzene rings is 2. The number of para-hydroxylation sites is 1. The van der Waals surface area contributed by atoms with Gasteiger partial charge < -0.3 is 9.47 Å². The molecular weight excluding hydrogens is 308 g/mol. The summed E-state index contributed by atoms with van der Waals surface area (Å²) in [6.07, 6.45) is 0.0444. The van der Waals surface area contributed by atoms with Gasteiger partial charge in [0.05, 0.1) is 26.3 Å². The monoisotopic (exact) mass is 328 g/mol. The fourth-order valence-electron chi connectivity index (χ4n) is 2.44. The van der Waals surface area contributed by atoms with Gasteiger partial charge in [-0.1, -0.05) is 42.5 Å². The number of hydrogen-bond acceptors (Lipinski definition) is 6. The summed E-state index contributed by atoms with van der Waals surface area (Å²) in [6, 6.07) is 15.3. The zero-order valence-electron chi connectivity index (χ0n) is 13.6. The van der Waals surface area contributed by atoms with Gasteiger partial charge in [0.25, 0.3) is 0 Å². The van der Waals surface area contributed by atoms with Gasteiger partial charge in [0.1, 0.15) is 0 Å². The second-order valence-electron chi connectivity index (χ2n) is 5.12. The van der Waals surface area contributed by atoms with Crippen molar-refractivity contribution >= 4 is 17.6 Å². The maximum Gasteiger partial charge on any atom is 0.334 e. The van der Waals surface area contributed by atoms with E-state index in [1.165, 1.54) is 19.2 Å². The van der Waals surface area contributed by atoms with E-state index in [0.717, 1.165) is 0 Å². The van der Waals surface area contributed by atoms with E-state index in [2.05, 4.69) is 0 Å². The van der Waals surface area contributed by atoms with E-state index in [0.29, 0.717) is 16.8 Å². The second kappa shape index (κ2) is 8.12. The van der Waals surface area contributed by atoms with Crippen LogP contribution in [0.5, 0.6) is 0 Å². The van der Waals surface area contributed by atoms with Crippen molar-refractivity contribution in [1.82, 2.24) is 0 Å². The number of nitrogens with two attached hydrogens (primary N) is 1. The van der Waals surface area contributed by atoms with E-state index in [9.17, 15) is 9.59 Å². The molecule has 6 heteroatoms. The molecule has 1 atom stereocenters. The van der Waals surface area contributed by atoms with Gasteiger partial charge in [0.15, 0.2) is 6.04 Å². The van der Waals surface area contributed by atoms with E-state index in [-0.39, 0.29) is 6.42 Å². The van der Waals surface area contributed by atoms with Crippen LogP contribution in [0.1, 0.15) is 17.2 Å². The largest absolute Gasteiger partial charge is 0.469 e. The smallest absolute Gasteiger partial charge is 0.334 e. The molecule has 126 valence electrons. The quantitative estimate of drug-likeness (QED) is 0.496. The van der Waals surface area contributed by atoms with Crippen LogP contribution in [0.2, 0.25) is 0 Å². The van der Waals surface area contributed by atoms with Gasteiger partial charge >= 0.3 is 11.9 Å². The van der Waals surface area contributed by atoms with Crippen molar-refractivity contribution < 1.29 is 19.1 Å². The highest BCUT2D eigenvalue weighted by molar-refractivity contribution is 5.83. The fraction of sp³-hybridized carbons (Fsp3) is 0.222. The van der Waals surface area contributed by atoms with E-state index < -0.39 is 18.0 Å². The van der Waals surface area contributed by atoms with Crippen LogP contribution in [0.15, 0.2) is 54.6 Å². The summed E-state index contributed by atoms with van der Waals surface area (Å²) in [6.45, 7) is 0. The molecule has 0 spiro atoms. The Bertz CT molecular complexity index is 703. The molecule has 0 saturated heterocycles. The van der Waals surface area contributed by atoms with Gasteiger partial charge in [-0.3, -0.25) is 9.80 Å². The van der Waals surface area contributed by atoms with Crippen LogP contribution >= 0.6 is 0 Å². The Morgan fingerprint density at radius 1 is 1.00 bits per heavy atom. The maximum atomic E-state index is 12.4. The molecule has 2 aromatic carbocycles. The van der Waals surface area contributed by atoms with E-state index in [1.54, 1.807) is 36.4 Å². The van der Waals surface area contributed by atoms with E-state index in [4.69, 9.17) is 15.3 Å². The average molecular weight is 328 g/mol. The fourth-order valence-corrected chi connectivity index (χ4v) is 2.44. The lowest BCUT2D eigenvalue weighted by molar-refractivity contribution is -0.143. The number of methoxy groups -OCH3 is 2. The Hall–Kier alpha value is -2.86. The molecule has 0 aliphatic heterocycles. The van der Waals surface area contributed by atoms with Crippen LogP contribution in [-0.2, 0) is 25.5 Å². The highest BCUT2D eigenvalue weighted by Crippen LogP contribution is 2.28. The third-order valence-corrected chi connectivity index (χ3v) is 3.67. The first-order valence-electron chi connectivity index (χ1n) is 7.40.